The number of hydrogen-bond donors (Lipinski definition) is 1. The molecule has 2 aromatic carbocycles. The van der Waals surface area contributed by atoms with Crippen molar-refractivity contribution >= 4 is 5.82 Å². The van der Waals surface area contributed by atoms with Gasteiger partial charge in [-0.1, -0.05) is 24.6 Å². The summed E-state index contributed by atoms with van der Waals surface area (Å²) in [6.45, 7) is -0.122. The molecule has 1 aliphatic carbocycles. The molecule has 162 valence electrons. The minimum atomic E-state index is -4.79. The van der Waals surface area contributed by atoms with Crippen molar-refractivity contribution in [3.05, 3.63) is 65.7 Å². The summed E-state index contributed by atoms with van der Waals surface area (Å²) in [5, 5.41) is 0. The van der Waals surface area contributed by atoms with Gasteiger partial charge in [-0.15, -0.1) is 13.2 Å². The number of benzene rings is 2. The fourth-order valence-corrected chi connectivity index (χ4v) is 3.42. The molecule has 3 aromatic rings. The van der Waals surface area contributed by atoms with Gasteiger partial charge in [0.05, 0.1) is 18.1 Å². The lowest BCUT2D eigenvalue weighted by Crippen LogP contribution is -2.17. The Kier molecular flexibility index (Phi) is 5.67. The molecule has 0 atom stereocenters. The van der Waals surface area contributed by atoms with Crippen LogP contribution in [0.2, 0.25) is 0 Å². The van der Waals surface area contributed by atoms with E-state index in [1.807, 2.05) is 0 Å². The predicted octanol–water partition coefficient (Wildman–Crippen LogP) is 5.61. The van der Waals surface area contributed by atoms with Crippen molar-refractivity contribution in [2.75, 3.05) is 5.73 Å². The van der Waals surface area contributed by atoms with Crippen LogP contribution >= 0.6 is 0 Å². The Morgan fingerprint density at radius 1 is 1.06 bits per heavy atom. The first-order valence-electron chi connectivity index (χ1n) is 9.68. The summed E-state index contributed by atoms with van der Waals surface area (Å²) in [6.07, 6.45) is 0.808. The summed E-state index contributed by atoms with van der Waals surface area (Å²) in [4.78, 5) is 8.06. The van der Waals surface area contributed by atoms with Gasteiger partial charge in [-0.25, -0.2) is 9.37 Å². The maximum Gasteiger partial charge on any atom is 0.573 e. The average molecular weight is 433 g/mol. The quantitative estimate of drug-likeness (QED) is 0.512. The maximum absolute atomic E-state index is 15.4. The third-order valence-corrected chi connectivity index (χ3v) is 5.14. The van der Waals surface area contributed by atoms with E-state index in [1.165, 1.54) is 30.6 Å². The van der Waals surface area contributed by atoms with Crippen LogP contribution in [0.5, 0.6) is 11.5 Å². The van der Waals surface area contributed by atoms with Crippen molar-refractivity contribution < 1.29 is 27.0 Å². The predicted molar refractivity (Wildman–Crippen MR) is 106 cm³/mol. The van der Waals surface area contributed by atoms with Crippen LogP contribution in [0.25, 0.3) is 11.3 Å². The number of nitrogens with zero attached hydrogens (tertiary/aromatic N) is 2. The van der Waals surface area contributed by atoms with E-state index in [-0.39, 0.29) is 35.4 Å². The first kappa shape index (κ1) is 20.9. The van der Waals surface area contributed by atoms with E-state index in [0.717, 1.165) is 24.8 Å². The van der Waals surface area contributed by atoms with Crippen LogP contribution in [0.15, 0.2) is 48.8 Å². The molecule has 1 aromatic heterocycles. The third kappa shape index (κ3) is 4.87. The van der Waals surface area contributed by atoms with Crippen molar-refractivity contribution in [2.24, 2.45) is 0 Å². The minimum Gasteiger partial charge on any atom is -0.486 e. The van der Waals surface area contributed by atoms with E-state index >= 15 is 4.39 Å². The molecule has 0 spiro atoms. The van der Waals surface area contributed by atoms with E-state index in [2.05, 4.69) is 14.7 Å². The monoisotopic (exact) mass is 433 g/mol. The van der Waals surface area contributed by atoms with Crippen LogP contribution in [0.1, 0.15) is 36.3 Å². The first-order chi connectivity index (χ1) is 14.8. The fourth-order valence-electron chi connectivity index (χ4n) is 3.42. The lowest BCUT2D eigenvalue weighted by atomic mass is 9.79. The Bertz CT molecular complexity index is 1070. The van der Waals surface area contributed by atoms with Crippen molar-refractivity contribution in [1.29, 1.82) is 0 Å². The van der Waals surface area contributed by atoms with E-state index in [1.54, 1.807) is 18.2 Å². The summed E-state index contributed by atoms with van der Waals surface area (Å²) >= 11 is 0. The summed E-state index contributed by atoms with van der Waals surface area (Å²) < 4.78 is 62.6. The second-order valence-corrected chi connectivity index (χ2v) is 7.28. The van der Waals surface area contributed by atoms with Gasteiger partial charge in [0.15, 0.2) is 11.6 Å². The lowest BCUT2D eigenvalue weighted by Gasteiger charge is -2.28. The van der Waals surface area contributed by atoms with Gasteiger partial charge in [-0.3, -0.25) is 4.98 Å². The molecule has 5 nitrogen and oxygen atoms in total. The summed E-state index contributed by atoms with van der Waals surface area (Å²) in [5.41, 5.74) is 7.21. The van der Waals surface area contributed by atoms with Gasteiger partial charge in [0.25, 0.3) is 0 Å². The molecule has 0 radical (unpaired) electrons. The van der Waals surface area contributed by atoms with Crippen molar-refractivity contribution in [2.45, 2.75) is 38.1 Å². The molecule has 0 saturated heterocycles. The Hall–Kier alpha value is -3.36. The molecule has 0 amide bonds. The topological polar surface area (TPSA) is 70.3 Å². The molecule has 0 aliphatic heterocycles. The molecule has 0 unspecified atom stereocenters. The van der Waals surface area contributed by atoms with E-state index in [4.69, 9.17) is 10.5 Å². The number of hydrogen-bond acceptors (Lipinski definition) is 5. The first-order valence-corrected chi connectivity index (χ1v) is 9.68. The second kappa shape index (κ2) is 8.41. The normalized spacial score (nSPS) is 14.2. The van der Waals surface area contributed by atoms with Gasteiger partial charge < -0.3 is 15.2 Å². The minimum absolute atomic E-state index is 0.0722. The summed E-state index contributed by atoms with van der Waals surface area (Å²) in [7, 11) is 0. The van der Waals surface area contributed by atoms with Crippen molar-refractivity contribution in [1.82, 2.24) is 9.97 Å². The zero-order valence-electron chi connectivity index (χ0n) is 16.3. The van der Waals surface area contributed by atoms with Crippen LogP contribution < -0.4 is 15.2 Å². The zero-order valence-corrected chi connectivity index (χ0v) is 16.3. The van der Waals surface area contributed by atoms with E-state index in [9.17, 15) is 13.2 Å². The van der Waals surface area contributed by atoms with Crippen LogP contribution in [0, 0.1) is 5.82 Å². The largest absolute Gasteiger partial charge is 0.573 e. The number of rotatable bonds is 6. The number of nitrogens with two attached hydrogens (primary N) is 1. The molecule has 1 heterocycles. The average Bonchev–Trinajstić information content (AvgIpc) is 2.66. The van der Waals surface area contributed by atoms with E-state index in [0.29, 0.717) is 11.3 Å². The Morgan fingerprint density at radius 2 is 1.87 bits per heavy atom. The Balaban J connectivity index is 1.62. The number of anilines is 1. The number of nitrogen functional groups attached to an aromatic ring is 1. The zero-order chi connectivity index (χ0) is 22.0. The number of aromatic nitrogens is 2. The van der Waals surface area contributed by atoms with Crippen LogP contribution in [-0.4, -0.2) is 16.3 Å². The third-order valence-electron chi connectivity index (χ3n) is 5.14. The van der Waals surface area contributed by atoms with E-state index < -0.39 is 12.2 Å². The van der Waals surface area contributed by atoms with Crippen LogP contribution in [0.3, 0.4) is 0 Å². The number of alkyl halides is 3. The van der Waals surface area contributed by atoms with Crippen LogP contribution in [-0.2, 0) is 6.61 Å². The Morgan fingerprint density at radius 3 is 2.52 bits per heavy atom. The smallest absolute Gasteiger partial charge is 0.486 e. The highest BCUT2D eigenvalue weighted by molar-refractivity contribution is 5.64. The van der Waals surface area contributed by atoms with Crippen molar-refractivity contribution in [3.63, 3.8) is 0 Å². The number of ether oxygens (including phenoxy) is 2. The highest BCUT2D eigenvalue weighted by Crippen LogP contribution is 2.44. The highest BCUT2D eigenvalue weighted by atomic mass is 19.4. The second-order valence-electron chi connectivity index (χ2n) is 7.28. The van der Waals surface area contributed by atoms with Gasteiger partial charge in [0.2, 0.25) is 0 Å². The maximum atomic E-state index is 15.4. The SMILES string of the molecule is Nc1cnc(-c2ccc(C3CCC3)c(OCc3cccc(OC(F)(F)F)c3)c2F)cn1. The van der Waals surface area contributed by atoms with Gasteiger partial charge in [-0.2, -0.15) is 0 Å². The van der Waals surface area contributed by atoms with Crippen LogP contribution in [0.4, 0.5) is 23.4 Å². The molecular weight excluding hydrogens is 414 g/mol. The van der Waals surface area contributed by atoms with Gasteiger partial charge >= 0.3 is 6.36 Å². The van der Waals surface area contributed by atoms with Gasteiger partial charge in [0.1, 0.15) is 18.2 Å². The molecule has 0 bridgehead atoms. The molecule has 31 heavy (non-hydrogen) atoms. The molecule has 1 saturated carbocycles. The molecule has 2 N–H and O–H groups in total. The lowest BCUT2D eigenvalue weighted by molar-refractivity contribution is -0.274. The van der Waals surface area contributed by atoms with Gasteiger partial charge in [0, 0.05) is 11.1 Å². The molecule has 1 aliphatic rings. The van der Waals surface area contributed by atoms with Crippen molar-refractivity contribution in [3.8, 4) is 22.8 Å². The Labute approximate surface area is 175 Å². The fraction of sp³-hybridized carbons (Fsp3) is 0.273. The number of halogens is 4. The standard InChI is InChI=1S/C22H19F4N3O2/c23-20-17(18-10-29-19(27)11-28-18)8-7-16(14-4-2-5-14)21(20)30-12-13-3-1-6-15(9-13)31-22(24,25)26/h1,3,6-11,14H,2,4-5,12H2,(H2,27,29). The van der Waals surface area contributed by atoms with Gasteiger partial charge in [-0.05, 0) is 42.5 Å². The summed E-state index contributed by atoms with van der Waals surface area (Å²) in [6, 6.07) is 8.84. The molecule has 4 rings (SSSR count). The summed E-state index contributed by atoms with van der Waals surface area (Å²) in [5.74, 6) is -0.489. The molecule has 1 fully saturated rings. The molecule has 9 heteroatoms. The molecular formula is C22H19F4N3O2. The highest BCUT2D eigenvalue weighted by Gasteiger charge is 2.31.